The average Bonchev–Trinajstić information content (AvgIpc) is 2.41. The molecule has 2 rings (SSSR count). The molecule has 20 heavy (non-hydrogen) atoms. The van der Waals surface area contributed by atoms with E-state index in [4.69, 9.17) is 33.8 Å². The minimum Gasteiger partial charge on any atom is -0.489 e. The summed E-state index contributed by atoms with van der Waals surface area (Å²) in [5.41, 5.74) is 1.38. The van der Waals surface area contributed by atoms with Gasteiger partial charge in [-0.3, -0.25) is 0 Å². The van der Waals surface area contributed by atoms with Crippen LogP contribution in [-0.2, 0) is 6.61 Å². The third kappa shape index (κ3) is 3.62. The van der Waals surface area contributed by atoms with Gasteiger partial charge in [-0.15, -0.1) is 0 Å². The predicted octanol–water partition coefficient (Wildman–Crippen LogP) is 4.00. The smallest absolute Gasteiger partial charge is 0.123 e. The Hall–Kier alpha value is -1.78. The van der Waals surface area contributed by atoms with Gasteiger partial charge in [-0.2, -0.15) is 5.10 Å². The normalized spacial score (nSPS) is 10.9. The number of benzene rings is 2. The number of nitrogens with two attached hydrogens (primary N) is 1. The summed E-state index contributed by atoms with van der Waals surface area (Å²) in [4.78, 5) is 0. The lowest BCUT2D eigenvalue weighted by molar-refractivity contribution is 0.305. The molecule has 0 radical (unpaired) electrons. The van der Waals surface area contributed by atoms with Gasteiger partial charge in [-0.25, -0.2) is 4.39 Å². The lowest BCUT2D eigenvalue weighted by atomic mass is 10.1. The second kappa shape index (κ2) is 6.59. The van der Waals surface area contributed by atoms with Crippen molar-refractivity contribution in [3.63, 3.8) is 0 Å². The molecule has 0 amide bonds. The molecule has 104 valence electrons. The van der Waals surface area contributed by atoms with Gasteiger partial charge in [0.2, 0.25) is 0 Å². The molecule has 0 bridgehead atoms. The van der Waals surface area contributed by atoms with Crippen molar-refractivity contribution >= 4 is 29.4 Å². The van der Waals surface area contributed by atoms with E-state index in [1.54, 1.807) is 12.1 Å². The first-order valence-corrected chi connectivity index (χ1v) is 6.45. The first kappa shape index (κ1) is 14.6. The maximum atomic E-state index is 12.8. The summed E-state index contributed by atoms with van der Waals surface area (Å²) >= 11 is 12.0. The van der Waals surface area contributed by atoms with Crippen LogP contribution in [-0.4, -0.2) is 6.21 Å². The number of ether oxygens (including phenoxy) is 1. The van der Waals surface area contributed by atoms with Crippen LogP contribution in [0, 0.1) is 5.82 Å². The molecule has 0 aliphatic rings. The van der Waals surface area contributed by atoms with Crippen molar-refractivity contribution in [2.45, 2.75) is 6.61 Å². The number of hydrazone groups is 1. The molecule has 0 saturated heterocycles. The Labute approximate surface area is 125 Å². The van der Waals surface area contributed by atoms with Crippen LogP contribution >= 0.6 is 23.2 Å². The molecule has 0 aliphatic heterocycles. The molecule has 0 aromatic heterocycles. The van der Waals surface area contributed by atoms with Crippen molar-refractivity contribution in [1.82, 2.24) is 0 Å². The van der Waals surface area contributed by atoms with Gasteiger partial charge in [-0.1, -0.05) is 23.2 Å². The highest BCUT2D eigenvalue weighted by molar-refractivity contribution is 6.36. The van der Waals surface area contributed by atoms with Crippen LogP contribution in [0.3, 0.4) is 0 Å². The average molecular weight is 313 g/mol. The van der Waals surface area contributed by atoms with E-state index in [1.165, 1.54) is 30.5 Å². The second-order valence-corrected chi connectivity index (χ2v) is 4.82. The molecule has 6 heteroatoms. The van der Waals surface area contributed by atoms with Gasteiger partial charge < -0.3 is 10.6 Å². The fourth-order valence-electron chi connectivity index (χ4n) is 1.67. The molecule has 0 spiro atoms. The van der Waals surface area contributed by atoms with E-state index >= 15 is 0 Å². The van der Waals surface area contributed by atoms with Gasteiger partial charge >= 0.3 is 0 Å². The number of halogens is 3. The fourth-order valence-corrected chi connectivity index (χ4v) is 2.25. The van der Waals surface area contributed by atoms with E-state index < -0.39 is 0 Å². The zero-order valence-electron chi connectivity index (χ0n) is 10.3. The summed E-state index contributed by atoms with van der Waals surface area (Å²) in [6.07, 6.45) is 1.43. The standard InChI is InChI=1S/C14H11Cl2FN2O/c15-10-5-9(13(7-19-18)14(16)6-10)8-20-12-3-1-11(17)2-4-12/h1-7H,8,18H2. The molecule has 0 fully saturated rings. The molecule has 2 N–H and O–H groups in total. The summed E-state index contributed by atoms with van der Waals surface area (Å²) in [5, 5.41) is 4.39. The summed E-state index contributed by atoms with van der Waals surface area (Å²) < 4.78 is 18.4. The van der Waals surface area contributed by atoms with Crippen LogP contribution in [0.2, 0.25) is 10.0 Å². The van der Waals surface area contributed by atoms with Gasteiger partial charge in [0.15, 0.2) is 0 Å². The molecule has 2 aromatic rings. The molecule has 2 aromatic carbocycles. The van der Waals surface area contributed by atoms with Gasteiger partial charge in [0.25, 0.3) is 0 Å². The zero-order chi connectivity index (χ0) is 14.5. The van der Waals surface area contributed by atoms with Crippen molar-refractivity contribution in [3.05, 3.63) is 63.4 Å². The van der Waals surface area contributed by atoms with Gasteiger partial charge in [0.1, 0.15) is 18.2 Å². The Morgan fingerprint density at radius 2 is 1.90 bits per heavy atom. The summed E-state index contributed by atoms with van der Waals surface area (Å²) in [5.74, 6) is 5.38. The van der Waals surface area contributed by atoms with Gasteiger partial charge in [0.05, 0.1) is 11.2 Å². The lowest BCUT2D eigenvalue weighted by Gasteiger charge is -2.10. The Kier molecular flexibility index (Phi) is 4.82. The molecular formula is C14H11Cl2FN2O. The van der Waals surface area contributed by atoms with Crippen LogP contribution in [0.5, 0.6) is 5.75 Å². The summed E-state index contributed by atoms with van der Waals surface area (Å²) in [7, 11) is 0. The lowest BCUT2D eigenvalue weighted by Crippen LogP contribution is -2.02. The number of hydrogen-bond donors (Lipinski definition) is 1. The van der Waals surface area contributed by atoms with Crippen LogP contribution in [0.1, 0.15) is 11.1 Å². The fraction of sp³-hybridized carbons (Fsp3) is 0.0714. The van der Waals surface area contributed by atoms with E-state index in [9.17, 15) is 4.39 Å². The van der Waals surface area contributed by atoms with E-state index in [2.05, 4.69) is 5.10 Å². The number of rotatable bonds is 4. The van der Waals surface area contributed by atoms with E-state index in [0.29, 0.717) is 21.4 Å². The Balaban J connectivity index is 2.22. The van der Waals surface area contributed by atoms with Crippen molar-refractivity contribution in [3.8, 4) is 5.75 Å². The topological polar surface area (TPSA) is 47.6 Å². The monoisotopic (exact) mass is 312 g/mol. The molecule has 0 heterocycles. The predicted molar refractivity (Wildman–Crippen MR) is 79.0 cm³/mol. The SMILES string of the molecule is NN=Cc1c(Cl)cc(Cl)cc1COc1ccc(F)cc1. The van der Waals surface area contributed by atoms with Gasteiger partial charge in [0, 0.05) is 16.1 Å². The largest absolute Gasteiger partial charge is 0.489 e. The first-order chi connectivity index (χ1) is 9.60. The highest BCUT2D eigenvalue weighted by atomic mass is 35.5. The summed E-state index contributed by atoms with van der Waals surface area (Å²) in [6.45, 7) is 0.216. The highest BCUT2D eigenvalue weighted by Gasteiger charge is 2.08. The van der Waals surface area contributed by atoms with Crippen LogP contribution in [0.15, 0.2) is 41.5 Å². The number of hydrogen-bond acceptors (Lipinski definition) is 3. The van der Waals surface area contributed by atoms with Crippen LogP contribution in [0.4, 0.5) is 4.39 Å². The quantitative estimate of drug-likeness (QED) is 0.527. The minimum atomic E-state index is -0.320. The maximum absolute atomic E-state index is 12.8. The Morgan fingerprint density at radius 1 is 1.20 bits per heavy atom. The van der Waals surface area contributed by atoms with Crippen LogP contribution < -0.4 is 10.6 Å². The second-order valence-electron chi connectivity index (χ2n) is 3.98. The third-order valence-electron chi connectivity index (χ3n) is 2.59. The van der Waals surface area contributed by atoms with E-state index in [1.807, 2.05) is 0 Å². The molecule has 3 nitrogen and oxygen atoms in total. The molecule has 0 atom stereocenters. The van der Waals surface area contributed by atoms with E-state index in [-0.39, 0.29) is 12.4 Å². The molecule has 0 saturated carbocycles. The highest BCUT2D eigenvalue weighted by Crippen LogP contribution is 2.25. The number of nitrogens with zero attached hydrogens (tertiary/aromatic N) is 1. The Bertz CT molecular complexity index is 630. The minimum absolute atomic E-state index is 0.216. The van der Waals surface area contributed by atoms with Gasteiger partial charge in [-0.05, 0) is 36.4 Å². The van der Waals surface area contributed by atoms with Crippen LogP contribution in [0.25, 0.3) is 0 Å². The molecule has 0 unspecified atom stereocenters. The zero-order valence-corrected chi connectivity index (χ0v) is 11.8. The van der Waals surface area contributed by atoms with Crippen molar-refractivity contribution < 1.29 is 9.13 Å². The first-order valence-electron chi connectivity index (χ1n) is 5.69. The van der Waals surface area contributed by atoms with Crippen molar-refractivity contribution in [2.24, 2.45) is 10.9 Å². The molecule has 0 aliphatic carbocycles. The van der Waals surface area contributed by atoms with Crippen molar-refractivity contribution in [1.29, 1.82) is 0 Å². The van der Waals surface area contributed by atoms with E-state index in [0.717, 1.165) is 5.56 Å². The maximum Gasteiger partial charge on any atom is 0.123 e. The third-order valence-corrected chi connectivity index (χ3v) is 3.12. The Morgan fingerprint density at radius 3 is 2.55 bits per heavy atom. The van der Waals surface area contributed by atoms with Crippen molar-refractivity contribution in [2.75, 3.05) is 0 Å². The summed E-state index contributed by atoms with van der Waals surface area (Å²) in [6, 6.07) is 9.04. The molecular weight excluding hydrogens is 302 g/mol.